The van der Waals surface area contributed by atoms with Gasteiger partial charge in [0.1, 0.15) is 0 Å². The molecule has 0 bridgehead atoms. The average molecular weight is 392 g/mol. The molecule has 1 N–H and O–H groups in total. The largest absolute Gasteiger partial charge is 0.407 e. The number of benzene rings is 2. The second-order valence-corrected chi connectivity index (χ2v) is 12.4. The van der Waals surface area contributed by atoms with Crippen molar-refractivity contribution in [2.45, 2.75) is 31.7 Å². The highest BCUT2D eigenvalue weighted by Crippen LogP contribution is 2.37. The van der Waals surface area contributed by atoms with Gasteiger partial charge in [0.15, 0.2) is 0 Å². The van der Waals surface area contributed by atoms with Gasteiger partial charge in [-0.1, -0.05) is 87.5 Å². The number of hydrogen-bond acceptors (Lipinski definition) is 3. The molecule has 0 saturated carbocycles. The van der Waals surface area contributed by atoms with Gasteiger partial charge in [0, 0.05) is 24.9 Å². The van der Waals surface area contributed by atoms with Crippen molar-refractivity contribution in [1.29, 1.82) is 0 Å². The van der Waals surface area contributed by atoms with E-state index in [2.05, 4.69) is 74.3 Å². The first-order valence-corrected chi connectivity index (χ1v) is 11.7. The molecule has 0 saturated heterocycles. The fourth-order valence-corrected chi connectivity index (χ4v) is 8.47. The van der Waals surface area contributed by atoms with E-state index in [9.17, 15) is 5.11 Å². The van der Waals surface area contributed by atoms with Crippen LogP contribution in [0, 0.1) is 0 Å². The lowest BCUT2D eigenvalue weighted by Gasteiger charge is -2.43. The van der Waals surface area contributed by atoms with Gasteiger partial charge in [-0.2, -0.15) is 0 Å². The van der Waals surface area contributed by atoms with Crippen molar-refractivity contribution in [2.75, 3.05) is 13.2 Å². The lowest BCUT2D eigenvalue weighted by molar-refractivity contribution is 0.198. The van der Waals surface area contributed by atoms with E-state index < -0.39 is 8.32 Å². The maximum Gasteiger partial charge on any atom is 0.261 e. The summed E-state index contributed by atoms with van der Waals surface area (Å²) in [5.41, 5.74) is 1.00. The van der Waals surface area contributed by atoms with Gasteiger partial charge in [-0.3, -0.25) is 4.98 Å². The maximum absolute atomic E-state index is 10.0. The predicted molar refractivity (Wildman–Crippen MR) is 118 cm³/mol. The van der Waals surface area contributed by atoms with Crippen LogP contribution in [0.5, 0.6) is 0 Å². The minimum atomic E-state index is -2.59. The summed E-state index contributed by atoms with van der Waals surface area (Å²) in [7, 11) is -2.59. The number of aromatic nitrogens is 1. The van der Waals surface area contributed by atoms with Gasteiger partial charge < -0.3 is 9.53 Å². The zero-order valence-electron chi connectivity index (χ0n) is 16.9. The van der Waals surface area contributed by atoms with Crippen LogP contribution < -0.4 is 10.4 Å². The minimum absolute atomic E-state index is 0.0316. The Kier molecular flexibility index (Phi) is 6.45. The van der Waals surface area contributed by atoms with Crippen LogP contribution in [0.2, 0.25) is 5.04 Å². The molecule has 3 rings (SSSR count). The monoisotopic (exact) mass is 391 g/mol. The summed E-state index contributed by atoms with van der Waals surface area (Å²) in [5, 5.41) is 12.4. The SMILES string of the molecule is CC(C)(C)[Si](OCC(CO)c1cccnc1)(c1ccccc1)c1ccccc1. The Morgan fingerprint density at radius 3 is 1.89 bits per heavy atom. The molecule has 0 aliphatic carbocycles. The van der Waals surface area contributed by atoms with E-state index in [0.717, 1.165) is 5.56 Å². The number of aliphatic hydroxyl groups is 1. The van der Waals surface area contributed by atoms with Crippen LogP contribution in [0.25, 0.3) is 0 Å². The first-order chi connectivity index (χ1) is 13.5. The second kappa shape index (κ2) is 8.82. The quantitative estimate of drug-likeness (QED) is 0.624. The van der Waals surface area contributed by atoms with Crippen LogP contribution >= 0.6 is 0 Å². The van der Waals surface area contributed by atoms with Gasteiger partial charge >= 0.3 is 0 Å². The van der Waals surface area contributed by atoms with Crippen LogP contribution in [0.3, 0.4) is 0 Å². The number of rotatable bonds is 7. The highest BCUT2D eigenvalue weighted by Gasteiger charge is 2.50. The molecule has 146 valence electrons. The molecule has 28 heavy (non-hydrogen) atoms. The topological polar surface area (TPSA) is 42.4 Å². The van der Waals surface area contributed by atoms with Crippen molar-refractivity contribution >= 4 is 18.7 Å². The Morgan fingerprint density at radius 1 is 0.893 bits per heavy atom. The summed E-state index contributed by atoms with van der Waals surface area (Å²) in [6.07, 6.45) is 3.57. The summed E-state index contributed by atoms with van der Waals surface area (Å²) >= 11 is 0. The van der Waals surface area contributed by atoms with E-state index >= 15 is 0 Å². The molecule has 4 heteroatoms. The second-order valence-electron chi connectivity index (χ2n) is 8.14. The van der Waals surface area contributed by atoms with Gasteiger partial charge in [-0.25, -0.2) is 0 Å². The van der Waals surface area contributed by atoms with Crippen LogP contribution in [0.1, 0.15) is 32.3 Å². The van der Waals surface area contributed by atoms with Crippen molar-refractivity contribution in [3.63, 3.8) is 0 Å². The standard InChI is InChI=1S/C24H29NO2Si/c1-24(2,3)28(22-12-6-4-7-13-22,23-14-8-5-9-15-23)27-19-21(18-26)20-11-10-16-25-17-20/h4-17,21,26H,18-19H2,1-3H3. The van der Waals surface area contributed by atoms with Gasteiger partial charge in [0.25, 0.3) is 8.32 Å². The molecule has 3 nitrogen and oxygen atoms in total. The zero-order chi connectivity index (χ0) is 20.0. The summed E-state index contributed by atoms with van der Waals surface area (Å²) in [5.74, 6) is -0.102. The van der Waals surface area contributed by atoms with Crippen LogP contribution in [0.15, 0.2) is 85.2 Å². The van der Waals surface area contributed by atoms with Gasteiger partial charge in [-0.15, -0.1) is 0 Å². The lowest BCUT2D eigenvalue weighted by atomic mass is 10.0. The Labute approximate surface area is 169 Å². The molecular formula is C24H29NO2Si. The molecule has 1 atom stereocenters. The Balaban J connectivity index is 2.06. The van der Waals surface area contributed by atoms with Crippen molar-refractivity contribution < 1.29 is 9.53 Å². The van der Waals surface area contributed by atoms with E-state index in [-0.39, 0.29) is 17.6 Å². The molecule has 1 unspecified atom stereocenters. The molecule has 0 spiro atoms. The fourth-order valence-electron chi connectivity index (χ4n) is 3.86. The summed E-state index contributed by atoms with van der Waals surface area (Å²) in [4.78, 5) is 4.21. The molecule has 0 amide bonds. The van der Waals surface area contributed by atoms with Gasteiger partial charge in [0.05, 0.1) is 6.61 Å². The summed E-state index contributed by atoms with van der Waals surface area (Å²) in [6.45, 7) is 7.27. The van der Waals surface area contributed by atoms with Crippen molar-refractivity contribution in [1.82, 2.24) is 4.98 Å². The third-order valence-electron chi connectivity index (χ3n) is 5.29. The zero-order valence-corrected chi connectivity index (χ0v) is 17.9. The van der Waals surface area contributed by atoms with E-state index in [0.29, 0.717) is 6.61 Å². The Morgan fingerprint density at radius 2 is 1.46 bits per heavy atom. The molecule has 1 aromatic heterocycles. The number of hydrogen-bond donors (Lipinski definition) is 1. The molecule has 0 aliphatic rings. The third kappa shape index (κ3) is 4.09. The minimum Gasteiger partial charge on any atom is -0.407 e. The van der Waals surface area contributed by atoms with E-state index in [1.807, 2.05) is 30.5 Å². The van der Waals surface area contributed by atoms with Crippen molar-refractivity contribution in [3.8, 4) is 0 Å². The van der Waals surface area contributed by atoms with E-state index in [1.165, 1.54) is 10.4 Å². The van der Waals surface area contributed by atoms with E-state index in [4.69, 9.17) is 4.43 Å². The molecule has 0 aliphatic heterocycles. The Hall–Kier alpha value is -2.27. The van der Waals surface area contributed by atoms with Crippen molar-refractivity contribution in [2.24, 2.45) is 0 Å². The first-order valence-electron chi connectivity index (χ1n) is 9.75. The smallest absolute Gasteiger partial charge is 0.261 e. The first kappa shape index (κ1) is 20.5. The summed E-state index contributed by atoms with van der Waals surface area (Å²) < 4.78 is 6.92. The van der Waals surface area contributed by atoms with Gasteiger partial charge in [0.2, 0.25) is 0 Å². The lowest BCUT2D eigenvalue weighted by Crippen LogP contribution is -2.66. The predicted octanol–water partition coefficient (Wildman–Crippen LogP) is 3.73. The highest BCUT2D eigenvalue weighted by atomic mass is 28.4. The third-order valence-corrected chi connectivity index (χ3v) is 10.3. The van der Waals surface area contributed by atoms with Crippen molar-refractivity contribution in [3.05, 3.63) is 90.8 Å². The average Bonchev–Trinajstić information content (AvgIpc) is 2.72. The van der Waals surface area contributed by atoms with Crippen LogP contribution in [-0.2, 0) is 4.43 Å². The summed E-state index contributed by atoms with van der Waals surface area (Å²) in [6, 6.07) is 25.1. The molecule has 1 heterocycles. The highest BCUT2D eigenvalue weighted by molar-refractivity contribution is 6.99. The number of nitrogens with zero attached hydrogens (tertiary/aromatic N) is 1. The molecule has 2 aromatic carbocycles. The van der Waals surface area contributed by atoms with Crippen LogP contribution in [-0.4, -0.2) is 31.6 Å². The normalized spacial score (nSPS) is 13.3. The van der Waals surface area contributed by atoms with Gasteiger partial charge in [-0.05, 0) is 27.0 Å². The molecule has 3 aromatic rings. The maximum atomic E-state index is 10.0. The molecule has 0 radical (unpaired) electrons. The number of aliphatic hydroxyl groups excluding tert-OH is 1. The fraction of sp³-hybridized carbons (Fsp3) is 0.292. The van der Waals surface area contributed by atoms with E-state index in [1.54, 1.807) is 6.20 Å². The number of pyridine rings is 1. The molecular weight excluding hydrogens is 362 g/mol. The van der Waals surface area contributed by atoms with Crippen LogP contribution in [0.4, 0.5) is 0 Å². The Bertz CT molecular complexity index is 809. The molecule has 0 fully saturated rings.